The molecule has 0 radical (unpaired) electrons. The Morgan fingerprint density at radius 3 is 2.52 bits per heavy atom. The Bertz CT molecular complexity index is 899. The highest BCUT2D eigenvalue weighted by Gasteiger charge is 2.20. The number of anilines is 2. The van der Waals surface area contributed by atoms with E-state index in [0.717, 1.165) is 12.1 Å². The van der Waals surface area contributed by atoms with Gasteiger partial charge in [0.05, 0.1) is 16.2 Å². The van der Waals surface area contributed by atoms with Crippen molar-refractivity contribution in [3.8, 4) is 0 Å². The molecule has 0 heterocycles. The van der Waals surface area contributed by atoms with Crippen LogP contribution < -0.4 is 10.2 Å². The number of rotatable bonds is 6. The predicted molar refractivity (Wildman–Crippen MR) is 97.5 cm³/mol. The summed E-state index contributed by atoms with van der Waals surface area (Å²) in [6.07, 6.45) is 0. The summed E-state index contributed by atoms with van der Waals surface area (Å²) in [5.41, 5.74) is 0.756. The smallest absolute Gasteiger partial charge is 0.341 e. The van der Waals surface area contributed by atoms with Crippen molar-refractivity contribution in [3.63, 3.8) is 0 Å². The molecule has 0 unspecified atom stereocenters. The van der Waals surface area contributed by atoms with Crippen LogP contribution in [0.25, 0.3) is 0 Å². The van der Waals surface area contributed by atoms with E-state index < -0.39 is 29.2 Å². The molecule has 2 aromatic carbocycles. The maximum atomic E-state index is 13.5. The molecule has 0 saturated heterocycles. The van der Waals surface area contributed by atoms with E-state index in [4.69, 9.17) is 4.74 Å². The molecule has 0 bridgehead atoms. The summed E-state index contributed by atoms with van der Waals surface area (Å²) in [6.45, 7) is 0.966. The Labute approximate surface area is 154 Å². The van der Waals surface area contributed by atoms with Crippen LogP contribution in [0.5, 0.6) is 0 Å². The monoisotopic (exact) mass is 375 g/mol. The van der Waals surface area contributed by atoms with Gasteiger partial charge in [-0.2, -0.15) is 0 Å². The number of amides is 1. The van der Waals surface area contributed by atoms with Crippen LogP contribution in [0, 0.1) is 22.9 Å². The third-order valence-electron chi connectivity index (χ3n) is 3.68. The Morgan fingerprint density at radius 2 is 1.93 bits per heavy atom. The zero-order valence-electron chi connectivity index (χ0n) is 15.0. The van der Waals surface area contributed by atoms with Gasteiger partial charge >= 0.3 is 5.97 Å². The quantitative estimate of drug-likeness (QED) is 0.473. The molecule has 2 aromatic rings. The topological polar surface area (TPSA) is 102 Å². The van der Waals surface area contributed by atoms with Crippen LogP contribution in [-0.2, 0) is 9.53 Å². The van der Waals surface area contributed by atoms with Crippen molar-refractivity contribution in [2.24, 2.45) is 0 Å². The summed E-state index contributed by atoms with van der Waals surface area (Å²) >= 11 is 0. The summed E-state index contributed by atoms with van der Waals surface area (Å²) in [5.74, 6) is -2.02. The molecular formula is C18H18FN3O5. The minimum absolute atomic E-state index is 0.0385. The molecule has 0 aliphatic rings. The van der Waals surface area contributed by atoms with E-state index in [2.05, 4.69) is 5.32 Å². The molecule has 0 aliphatic heterocycles. The normalized spacial score (nSPS) is 10.2. The number of hydrogen-bond acceptors (Lipinski definition) is 6. The third-order valence-corrected chi connectivity index (χ3v) is 3.68. The molecule has 0 spiro atoms. The van der Waals surface area contributed by atoms with Crippen LogP contribution in [0.3, 0.4) is 0 Å². The van der Waals surface area contributed by atoms with E-state index in [1.807, 2.05) is 0 Å². The molecule has 9 heteroatoms. The van der Waals surface area contributed by atoms with Crippen LogP contribution in [0.2, 0.25) is 0 Å². The minimum Gasteiger partial charge on any atom is -0.452 e. The van der Waals surface area contributed by atoms with Crippen LogP contribution >= 0.6 is 0 Å². The summed E-state index contributed by atoms with van der Waals surface area (Å²) < 4.78 is 18.4. The first-order valence-electron chi connectivity index (χ1n) is 7.88. The first kappa shape index (κ1) is 19.8. The number of hydrogen-bond donors (Lipinski definition) is 1. The molecule has 0 fully saturated rings. The van der Waals surface area contributed by atoms with Gasteiger partial charge in [0.1, 0.15) is 5.82 Å². The number of aryl methyl sites for hydroxylation is 1. The van der Waals surface area contributed by atoms with Crippen molar-refractivity contribution >= 4 is 28.9 Å². The number of nitro benzene ring substituents is 1. The zero-order chi connectivity index (χ0) is 20.1. The number of esters is 1. The van der Waals surface area contributed by atoms with Gasteiger partial charge in [-0.15, -0.1) is 0 Å². The number of carbonyl (C=O) groups is 2. The van der Waals surface area contributed by atoms with Crippen LogP contribution in [0.4, 0.5) is 21.5 Å². The first-order valence-corrected chi connectivity index (χ1v) is 7.88. The van der Waals surface area contributed by atoms with E-state index in [9.17, 15) is 24.1 Å². The maximum Gasteiger partial charge on any atom is 0.341 e. The van der Waals surface area contributed by atoms with Crippen molar-refractivity contribution in [3.05, 3.63) is 63.5 Å². The van der Waals surface area contributed by atoms with Gasteiger partial charge in [-0.3, -0.25) is 14.9 Å². The van der Waals surface area contributed by atoms with Crippen molar-refractivity contribution in [2.45, 2.75) is 6.92 Å². The molecule has 2 rings (SSSR count). The number of nitrogens with zero attached hydrogens (tertiary/aromatic N) is 2. The number of halogens is 1. The SMILES string of the molecule is Cc1ccc(NC(=O)COC(=O)c2cc([N+](=O)[O-])ccc2N(C)C)cc1F. The number of ether oxygens (including phenoxy) is 1. The van der Waals surface area contributed by atoms with Gasteiger partial charge in [-0.05, 0) is 30.7 Å². The number of nitro groups is 1. The van der Waals surface area contributed by atoms with E-state index in [0.29, 0.717) is 11.3 Å². The lowest BCUT2D eigenvalue weighted by atomic mass is 10.1. The Kier molecular flexibility index (Phi) is 6.07. The highest BCUT2D eigenvalue weighted by molar-refractivity contribution is 5.99. The van der Waals surface area contributed by atoms with Gasteiger partial charge in [0.15, 0.2) is 6.61 Å². The van der Waals surface area contributed by atoms with Crippen molar-refractivity contribution in [2.75, 3.05) is 30.9 Å². The van der Waals surface area contributed by atoms with Gasteiger partial charge in [-0.25, -0.2) is 9.18 Å². The predicted octanol–water partition coefficient (Wildman–Crippen LogP) is 2.90. The van der Waals surface area contributed by atoms with Gasteiger partial charge in [0, 0.05) is 31.9 Å². The summed E-state index contributed by atoms with van der Waals surface area (Å²) in [4.78, 5) is 36.1. The number of nitrogens with one attached hydrogen (secondary N) is 1. The molecule has 1 N–H and O–H groups in total. The molecule has 0 aliphatic carbocycles. The van der Waals surface area contributed by atoms with Crippen molar-refractivity contribution in [1.29, 1.82) is 0 Å². The molecule has 8 nitrogen and oxygen atoms in total. The average Bonchev–Trinajstić information content (AvgIpc) is 2.62. The van der Waals surface area contributed by atoms with Crippen molar-refractivity contribution in [1.82, 2.24) is 0 Å². The van der Waals surface area contributed by atoms with Gasteiger partial charge < -0.3 is 15.0 Å². The van der Waals surface area contributed by atoms with Crippen LogP contribution in [0.15, 0.2) is 36.4 Å². The number of carbonyl (C=O) groups excluding carboxylic acids is 2. The average molecular weight is 375 g/mol. The fraction of sp³-hybridized carbons (Fsp3) is 0.222. The molecule has 0 aromatic heterocycles. The van der Waals surface area contributed by atoms with Gasteiger partial charge in [0.25, 0.3) is 11.6 Å². The lowest BCUT2D eigenvalue weighted by Crippen LogP contribution is -2.22. The van der Waals surface area contributed by atoms with Gasteiger partial charge in [-0.1, -0.05) is 6.07 Å². The van der Waals surface area contributed by atoms with Crippen LogP contribution in [0.1, 0.15) is 15.9 Å². The first-order chi connectivity index (χ1) is 12.7. The summed E-state index contributed by atoms with van der Waals surface area (Å²) in [6, 6.07) is 7.95. The molecular weight excluding hydrogens is 357 g/mol. The number of benzene rings is 2. The largest absolute Gasteiger partial charge is 0.452 e. The van der Waals surface area contributed by atoms with E-state index in [1.54, 1.807) is 25.9 Å². The molecule has 27 heavy (non-hydrogen) atoms. The maximum absolute atomic E-state index is 13.5. The van der Waals surface area contributed by atoms with Crippen molar-refractivity contribution < 1.29 is 23.6 Å². The number of non-ortho nitro benzene ring substituents is 1. The highest BCUT2D eigenvalue weighted by atomic mass is 19.1. The molecule has 0 atom stereocenters. The fourth-order valence-corrected chi connectivity index (χ4v) is 2.27. The summed E-state index contributed by atoms with van der Waals surface area (Å²) in [5, 5.41) is 13.3. The highest BCUT2D eigenvalue weighted by Crippen LogP contribution is 2.25. The molecule has 0 saturated carbocycles. The van der Waals surface area contributed by atoms with Crippen LogP contribution in [-0.4, -0.2) is 37.5 Å². The van der Waals surface area contributed by atoms with Gasteiger partial charge in [0.2, 0.25) is 0 Å². The molecule has 1 amide bonds. The lowest BCUT2D eigenvalue weighted by Gasteiger charge is -2.16. The summed E-state index contributed by atoms with van der Waals surface area (Å²) in [7, 11) is 3.33. The third kappa shape index (κ3) is 5.00. The Hall–Kier alpha value is -3.49. The Morgan fingerprint density at radius 1 is 1.22 bits per heavy atom. The Balaban J connectivity index is 2.08. The standard InChI is InChI=1S/C18H18FN3O5/c1-11-4-5-12(8-15(11)19)20-17(23)10-27-18(24)14-9-13(22(25)26)6-7-16(14)21(2)3/h4-9H,10H2,1-3H3,(H,20,23). The zero-order valence-corrected chi connectivity index (χ0v) is 15.0. The second-order valence-electron chi connectivity index (χ2n) is 5.94. The second-order valence-corrected chi connectivity index (χ2v) is 5.94. The van der Waals surface area contributed by atoms with E-state index >= 15 is 0 Å². The van der Waals surface area contributed by atoms with E-state index in [1.165, 1.54) is 24.3 Å². The lowest BCUT2D eigenvalue weighted by molar-refractivity contribution is -0.384. The second kappa shape index (κ2) is 8.26. The van der Waals surface area contributed by atoms with E-state index in [-0.39, 0.29) is 16.9 Å². The minimum atomic E-state index is -0.882. The fourth-order valence-electron chi connectivity index (χ4n) is 2.27. The molecule has 142 valence electrons.